The SMILES string of the molecule is Cc1nc2ccccc2n1-c1cncc(Nc2ccc(C(F)(F)F)c(C#N)c2)n1. The molecule has 0 saturated carbocycles. The molecule has 0 aliphatic rings. The molecule has 29 heavy (non-hydrogen) atoms. The van der Waals surface area contributed by atoms with Crippen LogP contribution in [0.25, 0.3) is 16.9 Å². The van der Waals surface area contributed by atoms with E-state index >= 15 is 0 Å². The molecule has 0 unspecified atom stereocenters. The van der Waals surface area contributed by atoms with Crippen LogP contribution in [-0.4, -0.2) is 19.5 Å². The average molecular weight is 394 g/mol. The summed E-state index contributed by atoms with van der Waals surface area (Å²) >= 11 is 0. The maximum atomic E-state index is 13.0. The third-order valence-electron chi connectivity index (χ3n) is 4.30. The zero-order valence-electron chi connectivity index (χ0n) is 15.1. The van der Waals surface area contributed by atoms with Crippen LogP contribution < -0.4 is 5.32 Å². The molecule has 0 saturated heterocycles. The number of alkyl halides is 3. The molecule has 2 heterocycles. The van der Waals surface area contributed by atoms with E-state index in [0.717, 1.165) is 29.0 Å². The monoisotopic (exact) mass is 394 g/mol. The molecule has 4 rings (SSSR count). The predicted octanol–water partition coefficient (Wildman–Crippen LogP) is 4.76. The minimum atomic E-state index is -4.59. The van der Waals surface area contributed by atoms with E-state index in [0.29, 0.717) is 17.3 Å². The highest BCUT2D eigenvalue weighted by atomic mass is 19.4. The highest BCUT2D eigenvalue weighted by Gasteiger charge is 2.33. The highest BCUT2D eigenvalue weighted by molar-refractivity contribution is 5.77. The van der Waals surface area contributed by atoms with E-state index in [1.807, 2.05) is 35.8 Å². The quantitative estimate of drug-likeness (QED) is 0.542. The van der Waals surface area contributed by atoms with Gasteiger partial charge in [0, 0.05) is 5.69 Å². The zero-order valence-corrected chi connectivity index (χ0v) is 15.1. The maximum absolute atomic E-state index is 13.0. The van der Waals surface area contributed by atoms with Gasteiger partial charge in [-0.3, -0.25) is 9.55 Å². The first kappa shape index (κ1) is 18.4. The van der Waals surface area contributed by atoms with E-state index in [1.165, 1.54) is 12.3 Å². The van der Waals surface area contributed by atoms with E-state index < -0.39 is 17.3 Å². The summed E-state index contributed by atoms with van der Waals surface area (Å²) in [4.78, 5) is 13.1. The van der Waals surface area contributed by atoms with E-state index in [-0.39, 0.29) is 0 Å². The van der Waals surface area contributed by atoms with Crippen LogP contribution in [0.4, 0.5) is 24.7 Å². The van der Waals surface area contributed by atoms with Crippen molar-refractivity contribution in [2.75, 3.05) is 5.32 Å². The number of nitriles is 1. The van der Waals surface area contributed by atoms with Gasteiger partial charge in [-0.1, -0.05) is 12.1 Å². The van der Waals surface area contributed by atoms with Crippen molar-refractivity contribution in [2.24, 2.45) is 0 Å². The Morgan fingerprint density at radius 2 is 1.86 bits per heavy atom. The molecule has 9 heteroatoms. The number of hydrogen-bond acceptors (Lipinski definition) is 5. The molecule has 6 nitrogen and oxygen atoms in total. The minimum absolute atomic E-state index is 0.299. The third kappa shape index (κ3) is 3.48. The first-order valence-corrected chi connectivity index (χ1v) is 8.51. The van der Waals surface area contributed by atoms with Gasteiger partial charge in [0.05, 0.1) is 40.6 Å². The number of halogens is 3. The highest BCUT2D eigenvalue weighted by Crippen LogP contribution is 2.33. The summed E-state index contributed by atoms with van der Waals surface area (Å²) in [5.74, 6) is 1.55. The number of rotatable bonds is 3. The van der Waals surface area contributed by atoms with Crippen LogP contribution >= 0.6 is 0 Å². The topological polar surface area (TPSA) is 79.4 Å². The number of hydrogen-bond donors (Lipinski definition) is 1. The third-order valence-corrected chi connectivity index (χ3v) is 4.30. The van der Waals surface area contributed by atoms with Crippen molar-refractivity contribution >= 4 is 22.5 Å². The summed E-state index contributed by atoms with van der Waals surface area (Å²) in [6.45, 7) is 1.84. The van der Waals surface area contributed by atoms with Gasteiger partial charge in [0.15, 0.2) is 11.6 Å². The van der Waals surface area contributed by atoms with Crippen LogP contribution in [0.3, 0.4) is 0 Å². The Hall–Kier alpha value is -3.93. The average Bonchev–Trinajstić information content (AvgIpc) is 3.03. The lowest BCUT2D eigenvalue weighted by atomic mass is 10.1. The summed E-state index contributed by atoms with van der Waals surface area (Å²) in [5.41, 5.74) is 0.520. The molecule has 0 amide bonds. The summed E-state index contributed by atoms with van der Waals surface area (Å²) < 4.78 is 40.7. The molecular formula is C20H13F3N6. The molecule has 0 bridgehead atoms. The van der Waals surface area contributed by atoms with Gasteiger partial charge < -0.3 is 5.32 Å². The largest absolute Gasteiger partial charge is 0.417 e. The molecule has 2 aromatic heterocycles. The fraction of sp³-hybridized carbons (Fsp3) is 0.100. The number of nitrogens with zero attached hydrogens (tertiary/aromatic N) is 5. The summed E-state index contributed by atoms with van der Waals surface area (Å²) in [6, 6.07) is 12.4. The molecule has 0 fully saturated rings. The van der Waals surface area contributed by atoms with Gasteiger partial charge in [0.25, 0.3) is 0 Å². The Morgan fingerprint density at radius 1 is 1.07 bits per heavy atom. The maximum Gasteiger partial charge on any atom is 0.417 e. The summed E-state index contributed by atoms with van der Waals surface area (Å²) in [5, 5.41) is 12.0. The summed E-state index contributed by atoms with van der Waals surface area (Å²) in [7, 11) is 0. The number of aromatic nitrogens is 4. The number of aryl methyl sites for hydroxylation is 1. The number of imidazole rings is 1. The van der Waals surface area contributed by atoms with Gasteiger partial charge in [0.2, 0.25) is 0 Å². The lowest BCUT2D eigenvalue weighted by molar-refractivity contribution is -0.137. The van der Waals surface area contributed by atoms with Crippen molar-refractivity contribution in [3.05, 3.63) is 71.8 Å². The Kier molecular flexibility index (Phi) is 4.39. The molecule has 2 aromatic carbocycles. The Morgan fingerprint density at radius 3 is 2.62 bits per heavy atom. The smallest absolute Gasteiger partial charge is 0.339 e. The van der Waals surface area contributed by atoms with E-state index in [4.69, 9.17) is 5.26 Å². The van der Waals surface area contributed by atoms with E-state index in [1.54, 1.807) is 12.3 Å². The van der Waals surface area contributed by atoms with E-state index in [9.17, 15) is 13.2 Å². The standard InChI is InChI=1S/C20H13F3N6/c1-12-26-16-4-2-3-5-17(16)29(12)19-11-25-10-18(28-19)27-14-6-7-15(20(21,22)23)13(8-14)9-24/h2-8,10-11H,1H3,(H,27,28). The van der Waals surface area contributed by atoms with Gasteiger partial charge >= 0.3 is 6.18 Å². The molecule has 1 N–H and O–H groups in total. The fourth-order valence-corrected chi connectivity index (χ4v) is 3.07. The molecular weight excluding hydrogens is 381 g/mol. The molecule has 0 atom stereocenters. The normalized spacial score (nSPS) is 11.4. The predicted molar refractivity (Wildman–Crippen MR) is 101 cm³/mol. The second-order valence-electron chi connectivity index (χ2n) is 6.24. The second kappa shape index (κ2) is 6.91. The molecule has 144 valence electrons. The first-order valence-electron chi connectivity index (χ1n) is 8.51. The number of anilines is 2. The van der Waals surface area contributed by atoms with Crippen LogP contribution in [-0.2, 0) is 6.18 Å². The minimum Gasteiger partial charge on any atom is -0.339 e. The van der Waals surface area contributed by atoms with Gasteiger partial charge in [-0.2, -0.15) is 18.4 Å². The van der Waals surface area contributed by atoms with Gasteiger partial charge in [-0.15, -0.1) is 0 Å². The van der Waals surface area contributed by atoms with Crippen LogP contribution in [0.15, 0.2) is 54.9 Å². The van der Waals surface area contributed by atoms with Crippen LogP contribution in [0.5, 0.6) is 0 Å². The van der Waals surface area contributed by atoms with Crippen molar-refractivity contribution in [1.29, 1.82) is 5.26 Å². The first-order chi connectivity index (χ1) is 13.9. The lowest BCUT2D eigenvalue weighted by Gasteiger charge is -2.12. The number of benzene rings is 2. The molecule has 0 aliphatic heterocycles. The number of nitrogens with one attached hydrogen (secondary N) is 1. The Labute approximate surface area is 163 Å². The fourth-order valence-electron chi connectivity index (χ4n) is 3.07. The summed E-state index contributed by atoms with van der Waals surface area (Å²) in [6.07, 6.45) is -1.58. The number of fused-ring (bicyclic) bond motifs is 1. The zero-order chi connectivity index (χ0) is 20.6. The van der Waals surface area contributed by atoms with E-state index in [2.05, 4.69) is 20.3 Å². The number of para-hydroxylation sites is 2. The van der Waals surface area contributed by atoms with Crippen LogP contribution in [0.2, 0.25) is 0 Å². The second-order valence-corrected chi connectivity index (χ2v) is 6.24. The molecule has 0 radical (unpaired) electrons. The van der Waals surface area contributed by atoms with Crippen molar-refractivity contribution in [3.63, 3.8) is 0 Å². The van der Waals surface area contributed by atoms with Crippen molar-refractivity contribution in [2.45, 2.75) is 13.1 Å². The van der Waals surface area contributed by atoms with Crippen molar-refractivity contribution in [3.8, 4) is 11.9 Å². The van der Waals surface area contributed by atoms with Gasteiger partial charge in [0.1, 0.15) is 5.82 Å². The lowest BCUT2D eigenvalue weighted by Crippen LogP contribution is -2.08. The van der Waals surface area contributed by atoms with Gasteiger partial charge in [-0.25, -0.2) is 9.97 Å². The van der Waals surface area contributed by atoms with Gasteiger partial charge in [-0.05, 0) is 37.3 Å². The molecule has 4 aromatic rings. The molecule has 0 aliphatic carbocycles. The van der Waals surface area contributed by atoms with Crippen molar-refractivity contribution in [1.82, 2.24) is 19.5 Å². The van der Waals surface area contributed by atoms with Crippen LogP contribution in [0, 0.1) is 18.3 Å². The molecule has 0 spiro atoms. The van der Waals surface area contributed by atoms with Crippen molar-refractivity contribution < 1.29 is 13.2 Å². The Balaban J connectivity index is 1.70. The Bertz CT molecular complexity index is 1250. The van der Waals surface area contributed by atoms with Crippen LogP contribution in [0.1, 0.15) is 17.0 Å².